The van der Waals surface area contributed by atoms with Crippen LogP contribution in [-0.4, -0.2) is 32.8 Å². The maximum atomic E-state index is 11.4. The molecule has 0 saturated carbocycles. The number of fused-ring (bicyclic) bond motifs is 1. The van der Waals surface area contributed by atoms with Gasteiger partial charge in [0.2, 0.25) is 0 Å². The summed E-state index contributed by atoms with van der Waals surface area (Å²) in [4.78, 5) is 19.8. The van der Waals surface area contributed by atoms with Gasteiger partial charge in [-0.05, 0) is 19.1 Å². The first-order valence-corrected chi connectivity index (χ1v) is 6.72. The lowest BCUT2D eigenvalue weighted by atomic mass is 10.2. The maximum absolute atomic E-state index is 11.4. The van der Waals surface area contributed by atoms with Crippen LogP contribution in [0.1, 0.15) is 18.7 Å². The molecule has 0 bridgehead atoms. The summed E-state index contributed by atoms with van der Waals surface area (Å²) < 4.78 is 11.5. The molecule has 0 radical (unpaired) electrons. The number of ether oxygens (including phenoxy) is 1. The largest absolute Gasteiger partial charge is 0.468 e. The molecule has 0 aliphatic carbocycles. The Kier molecular flexibility index (Phi) is 3.73. The van der Waals surface area contributed by atoms with Crippen molar-refractivity contribution in [3.63, 3.8) is 0 Å². The zero-order chi connectivity index (χ0) is 15.5. The normalized spacial score (nSPS) is 12.3. The molecule has 0 spiro atoms. The Morgan fingerprint density at radius 2 is 2.36 bits per heavy atom. The Bertz CT molecular complexity index is 781. The molecule has 3 heterocycles. The number of aromatic nitrogens is 4. The van der Waals surface area contributed by atoms with E-state index in [1.54, 1.807) is 12.5 Å². The highest BCUT2D eigenvalue weighted by Crippen LogP contribution is 2.23. The molecule has 0 amide bonds. The minimum Gasteiger partial charge on any atom is -0.468 e. The third-order valence-corrected chi connectivity index (χ3v) is 3.26. The predicted octanol–water partition coefficient (Wildman–Crippen LogP) is 1.77. The number of hydrogen-bond donors (Lipinski definition) is 1. The topological polar surface area (TPSA) is 95.1 Å². The standard InChI is InChI=1S/C14H15N5O3/c1-9(11-4-3-5-22-11)18-13-10-6-17-19(7-12(20)21-2)14(10)16-8-15-13/h3-6,8-9H,7H2,1-2H3,(H,15,16,18). The number of anilines is 1. The number of nitrogens with one attached hydrogen (secondary N) is 1. The SMILES string of the molecule is COC(=O)Cn1ncc2c(NC(C)c3ccco3)ncnc21. The highest BCUT2D eigenvalue weighted by molar-refractivity contribution is 5.87. The van der Waals surface area contributed by atoms with E-state index in [1.165, 1.54) is 18.1 Å². The van der Waals surface area contributed by atoms with Crippen LogP contribution in [0.15, 0.2) is 35.3 Å². The van der Waals surface area contributed by atoms with Crippen molar-refractivity contribution in [3.8, 4) is 0 Å². The number of furan rings is 1. The molecule has 1 atom stereocenters. The summed E-state index contributed by atoms with van der Waals surface area (Å²) in [7, 11) is 1.33. The monoisotopic (exact) mass is 301 g/mol. The average Bonchev–Trinajstić information content (AvgIpc) is 3.18. The van der Waals surface area contributed by atoms with E-state index in [0.717, 1.165) is 11.1 Å². The highest BCUT2D eigenvalue weighted by atomic mass is 16.5. The summed E-state index contributed by atoms with van der Waals surface area (Å²) in [6, 6.07) is 3.66. The van der Waals surface area contributed by atoms with Crippen LogP contribution in [0.4, 0.5) is 5.82 Å². The Morgan fingerprint density at radius 1 is 1.50 bits per heavy atom. The van der Waals surface area contributed by atoms with Crippen LogP contribution < -0.4 is 5.32 Å². The summed E-state index contributed by atoms with van der Waals surface area (Å²) in [5.41, 5.74) is 0.564. The fourth-order valence-electron chi connectivity index (χ4n) is 2.12. The van der Waals surface area contributed by atoms with Crippen LogP contribution in [-0.2, 0) is 16.1 Å². The van der Waals surface area contributed by atoms with Gasteiger partial charge in [0.25, 0.3) is 0 Å². The predicted molar refractivity (Wildman–Crippen MR) is 78.1 cm³/mol. The van der Waals surface area contributed by atoms with Crippen molar-refractivity contribution in [1.29, 1.82) is 0 Å². The van der Waals surface area contributed by atoms with E-state index in [-0.39, 0.29) is 18.6 Å². The fourth-order valence-corrected chi connectivity index (χ4v) is 2.12. The molecule has 1 N–H and O–H groups in total. The third-order valence-electron chi connectivity index (χ3n) is 3.26. The number of carbonyl (C=O) groups is 1. The van der Waals surface area contributed by atoms with Gasteiger partial charge in [-0.3, -0.25) is 4.79 Å². The van der Waals surface area contributed by atoms with Crippen LogP contribution in [0, 0.1) is 0 Å². The van der Waals surface area contributed by atoms with Gasteiger partial charge in [0, 0.05) is 0 Å². The van der Waals surface area contributed by atoms with Crippen molar-refractivity contribution >= 4 is 22.8 Å². The van der Waals surface area contributed by atoms with Gasteiger partial charge in [-0.15, -0.1) is 0 Å². The first kappa shape index (κ1) is 14.1. The van der Waals surface area contributed by atoms with E-state index in [4.69, 9.17) is 4.42 Å². The minimum absolute atomic E-state index is 0.00416. The second kappa shape index (κ2) is 5.84. The van der Waals surface area contributed by atoms with Crippen LogP contribution in [0.3, 0.4) is 0 Å². The number of rotatable bonds is 5. The first-order valence-electron chi connectivity index (χ1n) is 6.72. The van der Waals surface area contributed by atoms with E-state index in [2.05, 4.69) is 25.1 Å². The van der Waals surface area contributed by atoms with Crippen molar-refractivity contribution in [3.05, 3.63) is 36.7 Å². The molecule has 22 heavy (non-hydrogen) atoms. The molecule has 114 valence electrons. The number of hydrogen-bond acceptors (Lipinski definition) is 7. The van der Waals surface area contributed by atoms with Crippen LogP contribution in [0.5, 0.6) is 0 Å². The lowest BCUT2D eigenvalue weighted by molar-refractivity contribution is -0.141. The zero-order valence-corrected chi connectivity index (χ0v) is 12.2. The molecule has 0 aliphatic rings. The lowest BCUT2D eigenvalue weighted by Gasteiger charge is -2.12. The van der Waals surface area contributed by atoms with Crippen LogP contribution >= 0.6 is 0 Å². The summed E-state index contributed by atoms with van der Waals surface area (Å²) in [5.74, 6) is 1.04. The quantitative estimate of drug-likeness (QED) is 0.717. The Labute approximate surface area is 126 Å². The Balaban J connectivity index is 1.89. The summed E-state index contributed by atoms with van der Waals surface area (Å²) in [6.07, 6.45) is 4.67. The molecule has 8 nitrogen and oxygen atoms in total. The zero-order valence-electron chi connectivity index (χ0n) is 12.2. The van der Waals surface area contributed by atoms with E-state index in [0.29, 0.717) is 11.5 Å². The van der Waals surface area contributed by atoms with E-state index >= 15 is 0 Å². The summed E-state index contributed by atoms with van der Waals surface area (Å²) in [6.45, 7) is 1.97. The molecular weight excluding hydrogens is 286 g/mol. The second-order valence-electron chi connectivity index (χ2n) is 4.72. The third kappa shape index (κ3) is 2.62. The minimum atomic E-state index is -0.387. The molecule has 1 unspecified atom stereocenters. The number of esters is 1. The molecular formula is C14H15N5O3. The van der Waals surface area contributed by atoms with Gasteiger partial charge >= 0.3 is 5.97 Å². The fraction of sp³-hybridized carbons (Fsp3) is 0.286. The van der Waals surface area contributed by atoms with Gasteiger partial charge in [-0.2, -0.15) is 5.10 Å². The van der Waals surface area contributed by atoms with Gasteiger partial charge in [-0.1, -0.05) is 0 Å². The number of methoxy groups -OCH3 is 1. The first-order chi connectivity index (χ1) is 10.7. The smallest absolute Gasteiger partial charge is 0.327 e. The lowest BCUT2D eigenvalue weighted by Crippen LogP contribution is -2.13. The van der Waals surface area contributed by atoms with Gasteiger partial charge in [0.15, 0.2) is 5.65 Å². The highest BCUT2D eigenvalue weighted by Gasteiger charge is 2.15. The number of nitrogens with zero attached hydrogens (tertiary/aromatic N) is 4. The molecule has 3 rings (SSSR count). The molecule has 0 aliphatic heterocycles. The molecule has 0 aromatic carbocycles. The number of carbonyl (C=O) groups excluding carboxylic acids is 1. The van der Waals surface area contributed by atoms with Gasteiger partial charge in [0.1, 0.15) is 24.5 Å². The molecule has 0 fully saturated rings. The van der Waals surface area contributed by atoms with Crippen molar-refractivity contribution in [2.24, 2.45) is 0 Å². The molecule has 8 heteroatoms. The van der Waals surface area contributed by atoms with Gasteiger partial charge < -0.3 is 14.5 Å². The molecule has 3 aromatic rings. The molecule has 0 saturated heterocycles. The van der Waals surface area contributed by atoms with Crippen LogP contribution in [0.25, 0.3) is 11.0 Å². The van der Waals surface area contributed by atoms with Crippen molar-refractivity contribution in [2.45, 2.75) is 19.5 Å². The van der Waals surface area contributed by atoms with Gasteiger partial charge in [0.05, 0.1) is 31.0 Å². The van der Waals surface area contributed by atoms with E-state index in [1.807, 2.05) is 19.1 Å². The van der Waals surface area contributed by atoms with Gasteiger partial charge in [-0.25, -0.2) is 14.6 Å². The van der Waals surface area contributed by atoms with E-state index < -0.39 is 0 Å². The summed E-state index contributed by atoms with van der Waals surface area (Å²) in [5, 5.41) is 8.14. The average molecular weight is 301 g/mol. The van der Waals surface area contributed by atoms with E-state index in [9.17, 15) is 4.79 Å². The van der Waals surface area contributed by atoms with Crippen molar-refractivity contribution in [2.75, 3.05) is 12.4 Å². The van der Waals surface area contributed by atoms with Crippen molar-refractivity contribution < 1.29 is 13.9 Å². The molecule has 3 aromatic heterocycles. The van der Waals surface area contributed by atoms with Crippen LogP contribution in [0.2, 0.25) is 0 Å². The Morgan fingerprint density at radius 3 is 3.09 bits per heavy atom. The second-order valence-corrected chi connectivity index (χ2v) is 4.72. The maximum Gasteiger partial charge on any atom is 0.327 e. The Hall–Kier alpha value is -2.90. The van der Waals surface area contributed by atoms with Crippen molar-refractivity contribution in [1.82, 2.24) is 19.7 Å². The summed E-state index contributed by atoms with van der Waals surface area (Å²) >= 11 is 0.